The van der Waals surface area contributed by atoms with Crippen LogP contribution in [0, 0.1) is 5.82 Å². The number of carbonyl (C=O) groups excluding carboxylic acids is 1. The summed E-state index contributed by atoms with van der Waals surface area (Å²) in [7, 11) is 0. The van der Waals surface area contributed by atoms with Crippen molar-refractivity contribution in [3.63, 3.8) is 0 Å². The normalized spacial score (nSPS) is 12.4. The first-order valence-corrected chi connectivity index (χ1v) is 10.4. The minimum absolute atomic E-state index is 0.000190. The highest BCUT2D eigenvalue weighted by Gasteiger charge is 2.31. The van der Waals surface area contributed by atoms with Crippen molar-refractivity contribution in [3.8, 4) is 11.4 Å². The first-order chi connectivity index (χ1) is 16.3. The number of nitrogens with zero attached hydrogens (tertiary/aromatic N) is 2. The zero-order valence-corrected chi connectivity index (χ0v) is 17.7. The molecule has 0 aliphatic carbocycles. The second kappa shape index (κ2) is 9.86. The lowest BCUT2D eigenvalue weighted by Crippen LogP contribution is -2.31. The van der Waals surface area contributed by atoms with Gasteiger partial charge in [0.05, 0.1) is 12.0 Å². The number of hydrogen-bond donors (Lipinski definition) is 1. The average Bonchev–Trinajstić information content (AvgIpc) is 3.31. The number of hydrogen-bond acceptors (Lipinski definition) is 4. The molecule has 4 aromatic rings. The molecule has 0 saturated heterocycles. The van der Waals surface area contributed by atoms with Gasteiger partial charge in [0, 0.05) is 12.0 Å². The van der Waals surface area contributed by atoms with Gasteiger partial charge in [0.15, 0.2) is 0 Å². The molecular weight excluding hydrogens is 450 g/mol. The van der Waals surface area contributed by atoms with Crippen LogP contribution in [0.25, 0.3) is 11.4 Å². The Morgan fingerprint density at radius 2 is 1.68 bits per heavy atom. The van der Waals surface area contributed by atoms with E-state index in [0.29, 0.717) is 12.0 Å². The molecule has 3 aromatic carbocycles. The molecule has 0 unspecified atom stereocenters. The number of aromatic nitrogens is 2. The molecule has 0 saturated carbocycles. The lowest BCUT2D eigenvalue weighted by Gasteiger charge is -2.15. The maximum atomic E-state index is 13.1. The van der Waals surface area contributed by atoms with Crippen molar-refractivity contribution in [3.05, 3.63) is 107 Å². The largest absolute Gasteiger partial charge is 0.416 e. The Balaban J connectivity index is 1.57. The summed E-state index contributed by atoms with van der Waals surface area (Å²) in [5, 5.41) is 6.66. The molecule has 1 N–H and O–H groups in total. The fraction of sp³-hybridized carbons (Fsp3) is 0.160. The monoisotopic (exact) mass is 469 g/mol. The molecule has 0 spiro atoms. The first kappa shape index (κ1) is 23.2. The molecule has 1 aromatic heterocycles. The van der Waals surface area contributed by atoms with E-state index in [1.165, 1.54) is 36.4 Å². The zero-order valence-electron chi connectivity index (χ0n) is 17.7. The van der Waals surface area contributed by atoms with Crippen LogP contribution in [0.4, 0.5) is 17.6 Å². The Morgan fingerprint density at radius 1 is 0.941 bits per heavy atom. The molecule has 5 nitrogen and oxygen atoms in total. The van der Waals surface area contributed by atoms with E-state index in [-0.39, 0.29) is 29.6 Å². The Labute approximate surface area is 192 Å². The van der Waals surface area contributed by atoms with Crippen LogP contribution in [0.15, 0.2) is 83.4 Å². The van der Waals surface area contributed by atoms with Crippen molar-refractivity contribution in [2.75, 3.05) is 0 Å². The van der Waals surface area contributed by atoms with Crippen LogP contribution in [-0.2, 0) is 23.8 Å². The SMILES string of the molecule is O=C(Cc1ccc(F)cc1)N[C@H](Cc1ccccc1)c1nc(-c2cccc(C(F)(F)F)c2)no1. The molecule has 9 heteroatoms. The highest BCUT2D eigenvalue weighted by atomic mass is 19.4. The van der Waals surface area contributed by atoms with E-state index in [2.05, 4.69) is 15.5 Å². The molecule has 1 amide bonds. The molecule has 1 atom stereocenters. The van der Waals surface area contributed by atoms with Crippen molar-refractivity contribution in [1.29, 1.82) is 0 Å². The number of rotatable bonds is 7. The Bertz CT molecular complexity index is 1260. The lowest BCUT2D eigenvalue weighted by atomic mass is 10.0. The van der Waals surface area contributed by atoms with E-state index < -0.39 is 23.6 Å². The number of benzene rings is 3. The third-order valence-electron chi connectivity index (χ3n) is 5.08. The van der Waals surface area contributed by atoms with E-state index in [4.69, 9.17) is 4.52 Å². The molecule has 0 fully saturated rings. The van der Waals surface area contributed by atoms with Gasteiger partial charge in [-0.15, -0.1) is 0 Å². The summed E-state index contributed by atoms with van der Waals surface area (Å²) in [6.45, 7) is 0. The summed E-state index contributed by atoms with van der Waals surface area (Å²) in [6, 6.07) is 18.7. The molecular formula is C25H19F4N3O2. The molecule has 0 aliphatic rings. The lowest BCUT2D eigenvalue weighted by molar-refractivity contribution is -0.137. The van der Waals surface area contributed by atoms with Crippen LogP contribution >= 0.6 is 0 Å². The van der Waals surface area contributed by atoms with Crippen LogP contribution in [0.2, 0.25) is 0 Å². The number of amides is 1. The maximum Gasteiger partial charge on any atom is 0.416 e. The zero-order chi connectivity index (χ0) is 24.1. The second-order valence-electron chi connectivity index (χ2n) is 7.65. The minimum Gasteiger partial charge on any atom is -0.344 e. The molecule has 34 heavy (non-hydrogen) atoms. The van der Waals surface area contributed by atoms with Gasteiger partial charge >= 0.3 is 6.18 Å². The first-order valence-electron chi connectivity index (χ1n) is 10.4. The Hall–Kier alpha value is -4.01. The summed E-state index contributed by atoms with van der Waals surface area (Å²) in [5.74, 6) is -0.721. The van der Waals surface area contributed by atoms with Crippen molar-refractivity contribution < 1.29 is 26.9 Å². The molecule has 0 bridgehead atoms. The second-order valence-corrected chi connectivity index (χ2v) is 7.65. The van der Waals surface area contributed by atoms with Crippen LogP contribution < -0.4 is 5.32 Å². The fourth-order valence-corrected chi connectivity index (χ4v) is 3.41. The van der Waals surface area contributed by atoms with Crippen LogP contribution in [0.3, 0.4) is 0 Å². The average molecular weight is 469 g/mol. The van der Waals surface area contributed by atoms with E-state index in [1.807, 2.05) is 30.3 Å². The number of nitrogens with one attached hydrogen (secondary N) is 1. The van der Waals surface area contributed by atoms with Crippen molar-refractivity contribution in [2.24, 2.45) is 0 Å². The van der Waals surface area contributed by atoms with Crippen LogP contribution in [0.1, 0.15) is 28.6 Å². The van der Waals surface area contributed by atoms with Gasteiger partial charge in [-0.3, -0.25) is 4.79 Å². The third-order valence-corrected chi connectivity index (χ3v) is 5.08. The highest BCUT2D eigenvalue weighted by Crippen LogP contribution is 2.32. The van der Waals surface area contributed by atoms with Gasteiger partial charge in [0.25, 0.3) is 0 Å². The quantitative estimate of drug-likeness (QED) is 0.361. The fourth-order valence-electron chi connectivity index (χ4n) is 3.41. The predicted molar refractivity (Wildman–Crippen MR) is 116 cm³/mol. The molecule has 1 heterocycles. The van der Waals surface area contributed by atoms with Gasteiger partial charge < -0.3 is 9.84 Å². The third kappa shape index (κ3) is 5.86. The summed E-state index contributed by atoms with van der Waals surface area (Å²) < 4.78 is 57.7. The smallest absolute Gasteiger partial charge is 0.344 e. The van der Waals surface area contributed by atoms with E-state index in [1.54, 1.807) is 0 Å². The van der Waals surface area contributed by atoms with Gasteiger partial charge in [-0.05, 0) is 35.4 Å². The Morgan fingerprint density at radius 3 is 2.38 bits per heavy atom. The number of alkyl halides is 3. The minimum atomic E-state index is -4.51. The van der Waals surface area contributed by atoms with Gasteiger partial charge in [0.2, 0.25) is 17.6 Å². The topological polar surface area (TPSA) is 68.0 Å². The number of halogens is 4. The van der Waals surface area contributed by atoms with E-state index in [9.17, 15) is 22.4 Å². The predicted octanol–water partition coefficient (Wildman–Crippen LogP) is 5.54. The standard InChI is InChI=1S/C25H19F4N3O2/c26-20-11-9-17(10-12-20)14-22(33)30-21(13-16-5-2-1-3-6-16)24-31-23(32-34-24)18-7-4-8-19(15-18)25(27,28)29/h1-12,15,21H,13-14H2,(H,30,33)/t21-/m1/s1. The Kier molecular flexibility index (Phi) is 6.72. The summed E-state index contributed by atoms with van der Waals surface area (Å²) >= 11 is 0. The molecule has 0 aliphatic heterocycles. The van der Waals surface area contributed by atoms with Crippen LogP contribution in [-0.4, -0.2) is 16.0 Å². The summed E-state index contributed by atoms with van der Waals surface area (Å²) in [6.07, 6.45) is -4.19. The van der Waals surface area contributed by atoms with E-state index in [0.717, 1.165) is 17.7 Å². The van der Waals surface area contributed by atoms with Gasteiger partial charge in [-0.25, -0.2) is 4.39 Å². The van der Waals surface area contributed by atoms with Gasteiger partial charge in [-0.1, -0.05) is 59.8 Å². The van der Waals surface area contributed by atoms with Gasteiger partial charge in [-0.2, -0.15) is 18.2 Å². The van der Waals surface area contributed by atoms with Gasteiger partial charge in [0.1, 0.15) is 11.9 Å². The summed E-state index contributed by atoms with van der Waals surface area (Å²) in [5.41, 5.74) is 0.812. The summed E-state index contributed by atoms with van der Waals surface area (Å²) in [4.78, 5) is 16.9. The highest BCUT2D eigenvalue weighted by molar-refractivity contribution is 5.79. The van der Waals surface area contributed by atoms with Crippen molar-refractivity contribution >= 4 is 5.91 Å². The number of carbonyl (C=O) groups is 1. The van der Waals surface area contributed by atoms with Crippen molar-refractivity contribution in [2.45, 2.75) is 25.1 Å². The molecule has 174 valence electrons. The molecule has 4 rings (SSSR count). The van der Waals surface area contributed by atoms with Crippen molar-refractivity contribution in [1.82, 2.24) is 15.5 Å². The molecule has 0 radical (unpaired) electrons. The maximum absolute atomic E-state index is 13.1. The van der Waals surface area contributed by atoms with E-state index >= 15 is 0 Å². The van der Waals surface area contributed by atoms with Crippen LogP contribution in [0.5, 0.6) is 0 Å².